The molecule has 0 spiro atoms. The topological polar surface area (TPSA) is 219 Å². The minimum Gasteiger partial charge on any atom is -0.486 e. The largest absolute Gasteiger partial charge is 0.486 e. The molecule has 4 aliphatic rings. The van der Waals surface area contributed by atoms with Gasteiger partial charge in [-0.1, -0.05) is 85.8 Å². The van der Waals surface area contributed by atoms with Crippen molar-refractivity contribution in [1.82, 2.24) is 40.5 Å². The fraction of sp³-hybridized carbons (Fsp3) is 0.381. The number of fused-ring (bicyclic) bond motifs is 4. The minimum absolute atomic E-state index is 0.00387. The highest BCUT2D eigenvalue weighted by Gasteiger charge is 2.44. The van der Waals surface area contributed by atoms with Crippen LogP contribution in [0.5, 0.6) is 11.8 Å². The van der Waals surface area contributed by atoms with E-state index in [9.17, 15) is 28.7 Å². The number of aromatic nitrogens is 5. The van der Waals surface area contributed by atoms with Gasteiger partial charge in [0.15, 0.2) is 17.4 Å². The molecule has 4 saturated heterocycles. The van der Waals surface area contributed by atoms with Crippen LogP contribution in [0.2, 0.25) is 0 Å². The van der Waals surface area contributed by atoms with Crippen molar-refractivity contribution < 1.29 is 55.2 Å². The number of nitrogens with two attached hydrogens (primary N) is 1. The molecule has 6 atom stereocenters. The first-order valence-electron chi connectivity index (χ1n) is 28.9. The normalized spacial score (nSPS) is 19.8. The average molecular weight is 1210 g/mol. The van der Waals surface area contributed by atoms with E-state index in [1.165, 1.54) is 27.8 Å². The summed E-state index contributed by atoms with van der Waals surface area (Å²) >= 11 is 0.758. The number of benzene rings is 5. The maximum absolute atomic E-state index is 16.1. The Kier molecular flexibility index (Phi) is 16.3. The fourth-order valence-electron chi connectivity index (χ4n) is 12.4. The number of aliphatic hydroxyl groups is 1. The van der Waals surface area contributed by atoms with Crippen LogP contribution in [0.4, 0.5) is 37.2 Å². The molecule has 2 amide bonds. The van der Waals surface area contributed by atoms with Crippen molar-refractivity contribution in [1.29, 1.82) is 5.26 Å². The zero-order valence-corrected chi connectivity index (χ0v) is 48.4. The molecule has 24 heteroatoms. The standard InChI is InChI=1S/C63H61F6N11O6S/c1-32(2)55(61(83)79-29-40(81)24-50(79)60(82)73-33(3)36-11-13-37(14-12-36)42-5-4-6-47(64)53(42)66)80-30-49(76-77-80)38-9-7-34(8-10-38)31-85-56-52(43-15-16-48(65)57-51(43)45(26-70)58(71)87-57)46(63(67,68)69)25-44-54(56)74-62(86-41-18-21-84-22-19-41)75-59(44)78-20-17-35-23-39(28-78)72-27-35/h4-16,25,30,32-33,35,39-41,50,55,72,81H,17-24,27-29,31,71H2,1-3H3,(H,73,82)/t33-,35?,39?,40+,50-,55-/m0/s1. The van der Waals surface area contributed by atoms with E-state index in [0.29, 0.717) is 73.0 Å². The van der Waals surface area contributed by atoms with E-state index in [-0.39, 0.29) is 97.9 Å². The second kappa shape index (κ2) is 24.1. The molecule has 7 heterocycles. The Morgan fingerprint density at radius 2 is 1.70 bits per heavy atom. The number of nitrogen functional groups attached to an aromatic ring is 1. The number of hydrogen-bond donors (Lipinski definition) is 4. The zero-order valence-electron chi connectivity index (χ0n) is 47.6. The summed E-state index contributed by atoms with van der Waals surface area (Å²) in [5.41, 5.74) is 6.97. The van der Waals surface area contributed by atoms with E-state index < -0.39 is 70.8 Å². The molecule has 5 N–H and O–H groups in total. The SMILES string of the molecule is CC(C)[C@@H](C(=O)N1C[C@H](O)C[C@H]1C(=O)N[C@@H](C)c1ccc(-c2cccc(F)c2F)cc1)n1cc(-c2ccc(COc3c(-c4ccc(F)c5sc(N)c(C#N)c45)c(C(F)(F)F)cc4c(N5CCC6CNC(C6)C5)nc(OC5CCOCC5)nc34)cc2)nn1. The van der Waals surface area contributed by atoms with E-state index in [0.717, 1.165) is 48.9 Å². The van der Waals surface area contributed by atoms with E-state index in [4.69, 9.17) is 29.9 Å². The van der Waals surface area contributed by atoms with Crippen molar-refractivity contribution in [2.24, 2.45) is 11.8 Å². The van der Waals surface area contributed by atoms with Crippen molar-refractivity contribution in [3.05, 3.63) is 131 Å². The molecular weight excluding hydrogens is 1150 g/mol. The van der Waals surface area contributed by atoms with Gasteiger partial charge in [-0.05, 0) is 78.6 Å². The van der Waals surface area contributed by atoms with E-state index in [1.54, 1.807) is 61.7 Å². The number of hydrogen-bond acceptors (Lipinski definition) is 15. The number of anilines is 2. The third-order valence-corrected chi connectivity index (χ3v) is 17.9. The van der Waals surface area contributed by atoms with Crippen molar-refractivity contribution in [3.63, 3.8) is 0 Å². The van der Waals surface area contributed by atoms with Gasteiger partial charge in [0.1, 0.15) is 58.7 Å². The molecule has 4 aliphatic heterocycles. The summed E-state index contributed by atoms with van der Waals surface area (Å²) in [6, 6.07) is 20.1. The first kappa shape index (κ1) is 59.0. The highest BCUT2D eigenvalue weighted by atomic mass is 32.1. The number of thiophene rings is 1. The molecule has 5 aromatic carbocycles. The summed E-state index contributed by atoms with van der Waals surface area (Å²) in [4.78, 5) is 41.6. The number of ether oxygens (including phenoxy) is 3. The lowest BCUT2D eigenvalue weighted by Crippen LogP contribution is -2.49. The van der Waals surface area contributed by atoms with Crippen molar-refractivity contribution >= 4 is 55.0 Å². The Bertz CT molecular complexity index is 3960. The summed E-state index contributed by atoms with van der Waals surface area (Å²) in [7, 11) is 0. The van der Waals surface area contributed by atoms with E-state index in [2.05, 4.69) is 20.9 Å². The number of amides is 2. The average Bonchev–Trinajstić information content (AvgIpc) is 1.78. The van der Waals surface area contributed by atoms with Gasteiger partial charge in [-0.25, -0.2) is 17.9 Å². The Morgan fingerprint density at radius 1 is 0.943 bits per heavy atom. The van der Waals surface area contributed by atoms with Crippen LogP contribution in [0.25, 0.3) is 54.5 Å². The number of carbonyl (C=O) groups excluding carboxylic acids is 2. The molecule has 0 aliphatic carbocycles. The van der Waals surface area contributed by atoms with Crippen molar-refractivity contribution in [2.75, 3.05) is 50.0 Å². The van der Waals surface area contributed by atoms with Crippen LogP contribution in [-0.2, 0) is 27.1 Å². The number of nitrogens with zero attached hydrogens (tertiary/aromatic N) is 8. The van der Waals surface area contributed by atoms with Crippen LogP contribution in [0, 0.1) is 40.6 Å². The number of nitriles is 1. The first-order valence-corrected chi connectivity index (χ1v) is 29.7. The van der Waals surface area contributed by atoms with Gasteiger partial charge in [-0.2, -0.15) is 28.4 Å². The van der Waals surface area contributed by atoms with Gasteiger partial charge in [0.05, 0.1) is 47.4 Å². The lowest BCUT2D eigenvalue weighted by atomic mass is 9.92. The summed E-state index contributed by atoms with van der Waals surface area (Å²) in [5.74, 6) is -3.75. The number of carbonyl (C=O) groups is 2. The predicted octanol–water partition coefficient (Wildman–Crippen LogP) is 10.7. The van der Waals surface area contributed by atoms with Gasteiger partial charge in [-0.3, -0.25) is 9.59 Å². The number of likely N-dealkylation sites (tertiary alicyclic amines) is 1. The van der Waals surface area contributed by atoms with Crippen LogP contribution >= 0.6 is 11.3 Å². The third kappa shape index (κ3) is 11.7. The van der Waals surface area contributed by atoms with E-state index >= 15 is 17.6 Å². The summed E-state index contributed by atoms with van der Waals surface area (Å²) < 4.78 is 112. The Morgan fingerprint density at radius 3 is 2.44 bits per heavy atom. The second-order valence-electron chi connectivity index (χ2n) is 23.1. The van der Waals surface area contributed by atoms with Crippen LogP contribution in [0.1, 0.15) is 87.2 Å². The monoisotopic (exact) mass is 1210 g/mol. The van der Waals surface area contributed by atoms with Crippen LogP contribution in [-0.4, -0.2) is 110 Å². The minimum atomic E-state index is -5.04. The van der Waals surface area contributed by atoms with Gasteiger partial charge >= 0.3 is 12.2 Å². The third-order valence-electron chi connectivity index (χ3n) is 16.9. The van der Waals surface area contributed by atoms with E-state index in [1.807, 2.05) is 24.8 Å². The van der Waals surface area contributed by atoms with Gasteiger partial charge in [0.2, 0.25) is 11.8 Å². The molecule has 0 radical (unpaired) electrons. The molecule has 4 fully saturated rings. The number of alkyl halides is 3. The van der Waals surface area contributed by atoms with Gasteiger partial charge < -0.3 is 45.5 Å². The number of rotatable bonds is 15. The second-order valence-corrected chi connectivity index (χ2v) is 24.1. The molecular formula is C63H61F6N11O6S. The molecule has 0 saturated carbocycles. The fourth-order valence-corrected chi connectivity index (χ4v) is 13.4. The lowest BCUT2D eigenvalue weighted by Gasteiger charge is -2.30. The summed E-state index contributed by atoms with van der Waals surface area (Å²) in [6.45, 7) is 7.63. The Hall–Kier alpha value is -8.37. The molecule has 3 aromatic heterocycles. The molecule has 2 unspecified atom stereocenters. The highest BCUT2D eigenvalue weighted by molar-refractivity contribution is 7.23. The van der Waals surface area contributed by atoms with Gasteiger partial charge in [-0.15, -0.1) is 16.4 Å². The zero-order chi connectivity index (χ0) is 61.0. The Balaban J connectivity index is 0.844. The van der Waals surface area contributed by atoms with Crippen molar-refractivity contribution in [3.8, 4) is 51.3 Å². The Labute approximate surface area is 500 Å². The molecule has 12 rings (SSSR count). The van der Waals surface area contributed by atoms with Crippen LogP contribution in [0.15, 0.2) is 91.1 Å². The lowest BCUT2D eigenvalue weighted by molar-refractivity contribution is -0.142. The maximum Gasteiger partial charge on any atom is 0.417 e. The first-order chi connectivity index (χ1) is 41.8. The molecule has 87 heavy (non-hydrogen) atoms. The highest BCUT2D eigenvalue weighted by Crippen LogP contribution is 2.52. The number of nitrogens with one attached hydrogen (secondary N) is 2. The molecule has 17 nitrogen and oxygen atoms in total. The number of β-amino-alcohol motifs (C(OH)–C–C–N with tert-alkyl or cyclic N) is 1. The summed E-state index contributed by atoms with van der Waals surface area (Å²) in [5, 5.41) is 36.4. The predicted molar refractivity (Wildman–Crippen MR) is 314 cm³/mol. The van der Waals surface area contributed by atoms with Crippen LogP contribution in [0.3, 0.4) is 0 Å². The molecule has 2 bridgehead atoms. The quantitative estimate of drug-likeness (QED) is 0.0702. The molecule has 452 valence electrons. The number of halogens is 6. The summed E-state index contributed by atoms with van der Waals surface area (Å²) in [6.07, 6.45) is -2.08. The van der Waals surface area contributed by atoms with Gasteiger partial charge in [0, 0.05) is 72.4 Å². The van der Waals surface area contributed by atoms with Crippen molar-refractivity contribution in [2.45, 2.75) is 102 Å². The molecule has 8 aromatic rings. The maximum atomic E-state index is 16.1. The van der Waals surface area contributed by atoms with Gasteiger partial charge in [0.25, 0.3) is 0 Å². The smallest absolute Gasteiger partial charge is 0.417 e. The number of aliphatic hydroxyl groups excluding tert-OH is 1. The van der Waals surface area contributed by atoms with Crippen LogP contribution < -0.4 is 30.7 Å².